The first kappa shape index (κ1) is 16.6. The third-order valence-corrected chi connectivity index (χ3v) is 3.73. The SMILES string of the molecule is O=C(CCOc1ccccc1)NCCN1C(=O)c2cccnc2C1=O. The highest BCUT2D eigenvalue weighted by molar-refractivity contribution is 6.20. The molecule has 0 saturated heterocycles. The molecule has 0 saturated carbocycles. The fourth-order valence-electron chi connectivity index (χ4n) is 2.49. The molecular formula is C18H17N3O4. The summed E-state index contributed by atoms with van der Waals surface area (Å²) in [6, 6.07) is 12.4. The number of rotatable bonds is 7. The van der Waals surface area contributed by atoms with Crippen molar-refractivity contribution in [3.8, 4) is 5.75 Å². The Balaban J connectivity index is 1.40. The van der Waals surface area contributed by atoms with Crippen LogP contribution in [0, 0.1) is 0 Å². The molecule has 1 aliphatic rings. The van der Waals surface area contributed by atoms with Gasteiger partial charge in [0.05, 0.1) is 18.6 Å². The average Bonchev–Trinajstić information content (AvgIpc) is 2.88. The number of aromatic nitrogens is 1. The predicted octanol–water partition coefficient (Wildman–Crippen LogP) is 1.26. The molecule has 128 valence electrons. The highest BCUT2D eigenvalue weighted by Crippen LogP contribution is 2.19. The van der Waals surface area contributed by atoms with Crippen LogP contribution < -0.4 is 10.1 Å². The molecule has 1 aromatic heterocycles. The monoisotopic (exact) mass is 339 g/mol. The van der Waals surface area contributed by atoms with Gasteiger partial charge in [0.1, 0.15) is 11.4 Å². The van der Waals surface area contributed by atoms with Gasteiger partial charge in [0, 0.05) is 19.3 Å². The Bertz CT molecular complexity index is 757. The normalized spacial score (nSPS) is 12.9. The minimum Gasteiger partial charge on any atom is -0.493 e. The van der Waals surface area contributed by atoms with E-state index in [1.807, 2.05) is 30.3 Å². The molecule has 0 fully saturated rings. The molecule has 1 aromatic carbocycles. The summed E-state index contributed by atoms with van der Waals surface area (Å²) < 4.78 is 5.45. The highest BCUT2D eigenvalue weighted by Gasteiger charge is 2.36. The molecular weight excluding hydrogens is 322 g/mol. The van der Waals surface area contributed by atoms with Crippen molar-refractivity contribution < 1.29 is 19.1 Å². The molecule has 0 aliphatic carbocycles. The number of nitrogens with one attached hydrogen (secondary N) is 1. The number of amides is 3. The molecule has 25 heavy (non-hydrogen) atoms. The lowest BCUT2D eigenvalue weighted by Crippen LogP contribution is -2.38. The van der Waals surface area contributed by atoms with Gasteiger partial charge in [-0.2, -0.15) is 0 Å². The van der Waals surface area contributed by atoms with Crippen molar-refractivity contribution in [1.82, 2.24) is 15.2 Å². The van der Waals surface area contributed by atoms with E-state index >= 15 is 0 Å². The topological polar surface area (TPSA) is 88.6 Å². The van der Waals surface area contributed by atoms with Crippen LogP contribution in [0.2, 0.25) is 0 Å². The van der Waals surface area contributed by atoms with E-state index in [4.69, 9.17) is 4.74 Å². The molecule has 7 heteroatoms. The van der Waals surface area contributed by atoms with Gasteiger partial charge < -0.3 is 10.1 Å². The largest absolute Gasteiger partial charge is 0.493 e. The molecule has 0 spiro atoms. The molecule has 0 bridgehead atoms. The van der Waals surface area contributed by atoms with Crippen LogP contribution in [0.3, 0.4) is 0 Å². The summed E-state index contributed by atoms with van der Waals surface area (Å²) in [5.74, 6) is -0.309. The second-order valence-corrected chi connectivity index (χ2v) is 5.42. The van der Waals surface area contributed by atoms with Crippen molar-refractivity contribution in [2.24, 2.45) is 0 Å². The Morgan fingerprint density at radius 1 is 1.08 bits per heavy atom. The van der Waals surface area contributed by atoms with Gasteiger partial charge in [-0.05, 0) is 24.3 Å². The number of para-hydroxylation sites is 1. The average molecular weight is 339 g/mol. The van der Waals surface area contributed by atoms with Gasteiger partial charge in [-0.15, -0.1) is 0 Å². The number of hydrogen-bond acceptors (Lipinski definition) is 5. The van der Waals surface area contributed by atoms with E-state index in [1.165, 1.54) is 6.20 Å². The number of imide groups is 1. The van der Waals surface area contributed by atoms with Crippen molar-refractivity contribution in [2.75, 3.05) is 19.7 Å². The Kier molecular flexibility index (Phi) is 5.03. The quantitative estimate of drug-likeness (QED) is 0.767. The van der Waals surface area contributed by atoms with E-state index in [0.29, 0.717) is 11.3 Å². The third-order valence-electron chi connectivity index (χ3n) is 3.73. The lowest BCUT2D eigenvalue weighted by molar-refractivity contribution is -0.121. The van der Waals surface area contributed by atoms with Gasteiger partial charge >= 0.3 is 0 Å². The molecule has 0 atom stereocenters. The van der Waals surface area contributed by atoms with Crippen molar-refractivity contribution in [3.63, 3.8) is 0 Å². The molecule has 7 nitrogen and oxygen atoms in total. The lowest BCUT2D eigenvalue weighted by atomic mass is 10.2. The maximum atomic E-state index is 12.1. The van der Waals surface area contributed by atoms with Crippen LogP contribution in [0.15, 0.2) is 48.7 Å². The van der Waals surface area contributed by atoms with Crippen LogP contribution in [-0.4, -0.2) is 47.3 Å². The summed E-state index contributed by atoms with van der Waals surface area (Å²) in [7, 11) is 0. The molecule has 1 aliphatic heterocycles. The van der Waals surface area contributed by atoms with Crippen LogP contribution in [0.1, 0.15) is 27.3 Å². The van der Waals surface area contributed by atoms with Gasteiger partial charge in [0.15, 0.2) is 0 Å². The van der Waals surface area contributed by atoms with E-state index in [-0.39, 0.29) is 43.6 Å². The zero-order valence-corrected chi connectivity index (χ0v) is 13.5. The number of nitrogens with zero attached hydrogens (tertiary/aromatic N) is 2. The highest BCUT2D eigenvalue weighted by atomic mass is 16.5. The number of carbonyl (C=O) groups excluding carboxylic acids is 3. The van der Waals surface area contributed by atoms with Gasteiger partial charge in [-0.1, -0.05) is 18.2 Å². The van der Waals surface area contributed by atoms with Gasteiger partial charge in [-0.25, -0.2) is 0 Å². The predicted molar refractivity (Wildman–Crippen MR) is 89.2 cm³/mol. The van der Waals surface area contributed by atoms with Crippen molar-refractivity contribution in [1.29, 1.82) is 0 Å². The van der Waals surface area contributed by atoms with E-state index in [1.54, 1.807) is 12.1 Å². The minimum atomic E-state index is -0.428. The first-order chi connectivity index (χ1) is 12.2. The fraction of sp³-hybridized carbons (Fsp3) is 0.222. The maximum Gasteiger partial charge on any atom is 0.280 e. The van der Waals surface area contributed by atoms with E-state index in [0.717, 1.165) is 4.90 Å². The lowest BCUT2D eigenvalue weighted by Gasteiger charge is -2.14. The molecule has 1 N–H and O–H groups in total. The summed E-state index contributed by atoms with van der Waals surface area (Å²) in [4.78, 5) is 41.1. The van der Waals surface area contributed by atoms with Gasteiger partial charge in [0.2, 0.25) is 5.91 Å². The Morgan fingerprint density at radius 2 is 1.88 bits per heavy atom. The van der Waals surface area contributed by atoms with Crippen molar-refractivity contribution >= 4 is 17.7 Å². The number of ether oxygens (including phenoxy) is 1. The van der Waals surface area contributed by atoms with Gasteiger partial charge in [-0.3, -0.25) is 24.3 Å². The summed E-state index contributed by atoms with van der Waals surface area (Å²) in [5, 5.41) is 2.68. The molecule has 3 rings (SSSR count). The van der Waals surface area contributed by atoms with Crippen molar-refractivity contribution in [3.05, 3.63) is 59.9 Å². The van der Waals surface area contributed by atoms with E-state index < -0.39 is 5.91 Å². The van der Waals surface area contributed by atoms with E-state index in [9.17, 15) is 14.4 Å². The Morgan fingerprint density at radius 3 is 2.64 bits per heavy atom. The van der Waals surface area contributed by atoms with Crippen LogP contribution in [0.4, 0.5) is 0 Å². The Hall–Kier alpha value is -3.22. The number of fused-ring (bicyclic) bond motifs is 1. The van der Waals surface area contributed by atoms with Crippen LogP contribution in [-0.2, 0) is 4.79 Å². The molecule has 0 unspecified atom stereocenters. The smallest absolute Gasteiger partial charge is 0.280 e. The van der Waals surface area contributed by atoms with Gasteiger partial charge in [0.25, 0.3) is 11.8 Å². The van der Waals surface area contributed by atoms with Crippen molar-refractivity contribution in [2.45, 2.75) is 6.42 Å². The third kappa shape index (κ3) is 3.82. The number of pyridine rings is 1. The second-order valence-electron chi connectivity index (χ2n) is 5.42. The van der Waals surface area contributed by atoms with E-state index in [2.05, 4.69) is 10.3 Å². The minimum absolute atomic E-state index is 0.110. The summed E-state index contributed by atoms with van der Waals surface area (Å²) >= 11 is 0. The summed E-state index contributed by atoms with van der Waals surface area (Å²) in [6.45, 7) is 0.557. The maximum absolute atomic E-state index is 12.1. The summed E-state index contributed by atoms with van der Waals surface area (Å²) in [6.07, 6.45) is 1.67. The zero-order valence-electron chi connectivity index (χ0n) is 13.5. The van der Waals surface area contributed by atoms with Crippen LogP contribution in [0.5, 0.6) is 5.75 Å². The molecule has 2 heterocycles. The fourth-order valence-corrected chi connectivity index (χ4v) is 2.49. The number of hydrogen-bond donors (Lipinski definition) is 1. The molecule has 0 radical (unpaired) electrons. The number of benzene rings is 1. The molecule has 2 aromatic rings. The summed E-state index contributed by atoms with van der Waals surface area (Å²) in [5.41, 5.74) is 0.463. The second kappa shape index (κ2) is 7.57. The molecule has 3 amide bonds. The standard InChI is InChI=1S/C18H17N3O4/c22-15(8-12-25-13-5-2-1-3-6-13)19-10-11-21-17(23)14-7-4-9-20-16(14)18(21)24/h1-7,9H,8,10-12H2,(H,19,22). The first-order valence-electron chi connectivity index (χ1n) is 7.92. The first-order valence-corrected chi connectivity index (χ1v) is 7.92. The number of carbonyl (C=O) groups is 3. The van der Waals surface area contributed by atoms with Crippen LogP contribution >= 0.6 is 0 Å². The Labute approximate surface area is 144 Å². The zero-order chi connectivity index (χ0) is 17.6. The van der Waals surface area contributed by atoms with Crippen LogP contribution in [0.25, 0.3) is 0 Å².